The number of carbonyl (C=O) groups is 2. The topological polar surface area (TPSA) is 119 Å². The summed E-state index contributed by atoms with van der Waals surface area (Å²) in [6.07, 6.45) is -4.79. The van der Waals surface area contributed by atoms with E-state index in [9.17, 15) is 24.9 Å². The normalized spacial score (nSPS) is 14.3. The standard InChI is InChI=1S/C40H38Cl2N2O5/c41-32-22-21-26(23-33(32)42)24-34(43-35(45)25-31(27-13-5-1-6-14-27)28-15-7-2-8-16-28)38(47)39(48)40(49)44-36(29-17-9-3-10-18-29)37(46)30-19-11-4-12-20-30/h1-23,31,34,36-39,46-48H,24-25H2,(H,43,45)(H,44,49)/t34?,36-,37+,38?,39?/m0/s1. The Morgan fingerprint density at radius 2 is 1.08 bits per heavy atom. The van der Waals surface area contributed by atoms with Gasteiger partial charge in [0, 0.05) is 12.3 Å². The second kappa shape index (κ2) is 17.2. The molecule has 5 aromatic carbocycles. The highest BCUT2D eigenvalue weighted by molar-refractivity contribution is 6.42. The van der Waals surface area contributed by atoms with Gasteiger partial charge in [0.2, 0.25) is 5.91 Å². The second-order valence-corrected chi connectivity index (χ2v) is 12.7. The summed E-state index contributed by atoms with van der Waals surface area (Å²) in [6.45, 7) is 0. The maximum atomic E-state index is 13.7. The molecule has 0 bridgehead atoms. The molecule has 0 spiro atoms. The van der Waals surface area contributed by atoms with Crippen molar-refractivity contribution >= 4 is 35.0 Å². The van der Waals surface area contributed by atoms with Gasteiger partial charge in [-0.05, 0) is 46.4 Å². The molecule has 5 N–H and O–H groups in total. The number of aliphatic hydroxyl groups excluding tert-OH is 3. The third-order valence-electron chi connectivity index (χ3n) is 8.50. The molecule has 5 aromatic rings. The van der Waals surface area contributed by atoms with Crippen LogP contribution in [0.15, 0.2) is 140 Å². The van der Waals surface area contributed by atoms with Gasteiger partial charge in [-0.25, -0.2) is 0 Å². The quantitative estimate of drug-likeness (QED) is 0.0902. The van der Waals surface area contributed by atoms with Crippen molar-refractivity contribution in [1.82, 2.24) is 10.6 Å². The van der Waals surface area contributed by atoms with Crippen LogP contribution in [-0.2, 0) is 16.0 Å². The molecule has 49 heavy (non-hydrogen) atoms. The zero-order chi connectivity index (χ0) is 34.8. The summed E-state index contributed by atoms with van der Waals surface area (Å²) in [4.78, 5) is 27.4. The van der Waals surface area contributed by atoms with Gasteiger partial charge in [0.15, 0.2) is 6.10 Å². The summed E-state index contributed by atoms with van der Waals surface area (Å²) in [5.74, 6) is -1.60. The summed E-state index contributed by atoms with van der Waals surface area (Å²) < 4.78 is 0. The van der Waals surface area contributed by atoms with Gasteiger partial charge >= 0.3 is 0 Å². The second-order valence-electron chi connectivity index (χ2n) is 11.9. The fourth-order valence-electron chi connectivity index (χ4n) is 5.89. The van der Waals surface area contributed by atoms with Crippen LogP contribution >= 0.6 is 23.2 Å². The highest BCUT2D eigenvalue weighted by Gasteiger charge is 2.35. The number of amides is 2. The summed E-state index contributed by atoms with van der Waals surface area (Å²) in [5, 5.41) is 40.4. The SMILES string of the molecule is O=C(CC(c1ccccc1)c1ccccc1)NC(Cc1ccc(Cl)c(Cl)c1)C(O)C(O)C(=O)N[C@@H](c1ccccc1)[C@H](O)c1ccccc1. The number of hydrogen-bond donors (Lipinski definition) is 5. The fraction of sp³-hybridized carbons (Fsp3) is 0.200. The molecule has 0 heterocycles. The lowest BCUT2D eigenvalue weighted by molar-refractivity contribution is -0.139. The molecule has 0 aliphatic rings. The molecule has 7 nitrogen and oxygen atoms in total. The maximum absolute atomic E-state index is 13.7. The third kappa shape index (κ3) is 9.57. The monoisotopic (exact) mass is 696 g/mol. The van der Waals surface area contributed by atoms with E-state index in [1.807, 2.05) is 72.8 Å². The third-order valence-corrected chi connectivity index (χ3v) is 9.24. The minimum absolute atomic E-state index is 0.0320. The van der Waals surface area contributed by atoms with Crippen molar-refractivity contribution in [2.24, 2.45) is 0 Å². The summed E-state index contributed by atoms with van der Waals surface area (Å²) in [7, 11) is 0. The molecule has 2 amide bonds. The van der Waals surface area contributed by atoms with Crippen molar-refractivity contribution in [3.05, 3.63) is 177 Å². The van der Waals surface area contributed by atoms with Crippen molar-refractivity contribution < 1.29 is 24.9 Å². The maximum Gasteiger partial charge on any atom is 0.252 e. The number of nitrogens with one attached hydrogen (secondary N) is 2. The van der Waals surface area contributed by atoms with Crippen molar-refractivity contribution in [3.8, 4) is 0 Å². The van der Waals surface area contributed by atoms with E-state index in [1.54, 1.807) is 66.7 Å². The van der Waals surface area contributed by atoms with Gasteiger partial charge in [-0.15, -0.1) is 0 Å². The smallest absolute Gasteiger partial charge is 0.252 e. The van der Waals surface area contributed by atoms with Crippen LogP contribution in [0.1, 0.15) is 52.3 Å². The van der Waals surface area contributed by atoms with E-state index in [0.29, 0.717) is 21.7 Å². The number of hydrogen-bond acceptors (Lipinski definition) is 5. The average molecular weight is 698 g/mol. The number of benzene rings is 5. The molecule has 5 rings (SSSR count). The lowest BCUT2D eigenvalue weighted by atomic mass is 9.88. The molecule has 0 radical (unpaired) electrons. The molecule has 0 saturated heterocycles. The Labute approximate surface area is 296 Å². The van der Waals surface area contributed by atoms with Crippen LogP contribution in [0.25, 0.3) is 0 Å². The number of aliphatic hydroxyl groups is 3. The van der Waals surface area contributed by atoms with Gasteiger partial charge in [-0.1, -0.05) is 151 Å². The summed E-state index contributed by atoms with van der Waals surface area (Å²) in [6, 6.07) is 39.8. The first kappa shape index (κ1) is 35.8. The molecule has 0 fully saturated rings. The Hall–Kier alpha value is -4.50. The van der Waals surface area contributed by atoms with Gasteiger partial charge in [0.25, 0.3) is 5.91 Å². The molecule has 0 aliphatic carbocycles. The molecule has 252 valence electrons. The van der Waals surface area contributed by atoms with Crippen LogP contribution in [-0.4, -0.2) is 45.4 Å². The number of halogens is 2. The first-order valence-corrected chi connectivity index (χ1v) is 16.7. The van der Waals surface area contributed by atoms with Crippen LogP contribution in [0.3, 0.4) is 0 Å². The lowest BCUT2D eigenvalue weighted by Gasteiger charge is -2.30. The zero-order valence-corrected chi connectivity index (χ0v) is 28.1. The Balaban J connectivity index is 1.39. The molecule has 0 aromatic heterocycles. The molecule has 5 atom stereocenters. The zero-order valence-electron chi connectivity index (χ0n) is 26.6. The molecule has 9 heteroatoms. The Bertz CT molecular complexity index is 1760. The largest absolute Gasteiger partial charge is 0.388 e. The van der Waals surface area contributed by atoms with Crippen molar-refractivity contribution in [3.63, 3.8) is 0 Å². The number of rotatable bonds is 14. The van der Waals surface area contributed by atoms with E-state index in [4.69, 9.17) is 23.2 Å². The molecule has 3 unspecified atom stereocenters. The van der Waals surface area contributed by atoms with E-state index >= 15 is 0 Å². The first-order valence-electron chi connectivity index (χ1n) is 16.0. The minimum atomic E-state index is -1.97. The van der Waals surface area contributed by atoms with Crippen molar-refractivity contribution in [2.45, 2.75) is 49.2 Å². The predicted molar refractivity (Wildman–Crippen MR) is 192 cm³/mol. The van der Waals surface area contributed by atoms with Crippen LogP contribution in [0.2, 0.25) is 10.0 Å². The van der Waals surface area contributed by atoms with Gasteiger partial charge in [0.1, 0.15) is 12.2 Å². The van der Waals surface area contributed by atoms with E-state index in [-0.39, 0.29) is 23.8 Å². The van der Waals surface area contributed by atoms with Gasteiger partial charge < -0.3 is 26.0 Å². The Morgan fingerprint density at radius 1 is 0.592 bits per heavy atom. The van der Waals surface area contributed by atoms with Gasteiger partial charge in [-0.3, -0.25) is 9.59 Å². The Kier molecular flexibility index (Phi) is 12.6. The molecule has 0 saturated carbocycles. The Morgan fingerprint density at radius 3 is 1.59 bits per heavy atom. The van der Waals surface area contributed by atoms with Crippen molar-refractivity contribution in [1.29, 1.82) is 0 Å². The van der Waals surface area contributed by atoms with Crippen LogP contribution in [0.5, 0.6) is 0 Å². The van der Waals surface area contributed by atoms with Gasteiger partial charge in [0.05, 0.1) is 22.1 Å². The average Bonchev–Trinajstić information content (AvgIpc) is 3.14. The molecular formula is C40H38Cl2N2O5. The van der Waals surface area contributed by atoms with E-state index in [2.05, 4.69) is 10.6 Å². The van der Waals surface area contributed by atoms with E-state index in [0.717, 1.165) is 11.1 Å². The van der Waals surface area contributed by atoms with E-state index < -0.39 is 42.2 Å². The van der Waals surface area contributed by atoms with Crippen molar-refractivity contribution in [2.75, 3.05) is 0 Å². The summed E-state index contributed by atoms with van der Waals surface area (Å²) >= 11 is 12.4. The molecular weight excluding hydrogens is 659 g/mol. The van der Waals surface area contributed by atoms with E-state index in [1.165, 1.54) is 0 Å². The van der Waals surface area contributed by atoms with Crippen LogP contribution in [0.4, 0.5) is 0 Å². The van der Waals surface area contributed by atoms with Gasteiger partial charge in [-0.2, -0.15) is 0 Å². The first-order chi connectivity index (χ1) is 23.7. The van der Waals surface area contributed by atoms with Crippen LogP contribution in [0, 0.1) is 0 Å². The summed E-state index contributed by atoms with van der Waals surface area (Å²) in [5.41, 5.74) is 3.66. The fourth-order valence-corrected chi connectivity index (χ4v) is 6.21. The number of carbonyl (C=O) groups excluding carboxylic acids is 2. The lowest BCUT2D eigenvalue weighted by Crippen LogP contribution is -2.55. The highest BCUT2D eigenvalue weighted by atomic mass is 35.5. The predicted octanol–water partition coefficient (Wildman–Crippen LogP) is 6.56. The minimum Gasteiger partial charge on any atom is -0.388 e. The highest BCUT2D eigenvalue weighted by Crippen LogP contribution is 2.30. The molecule has 0 aliphatic heterocycles. The van der Waals surface area contributed by atoms with Crippen LogP contribution < -0.4 is 10.6 Å².